The summed E-state index contributed by atoms with van der Waals surface area (Å²) in [5, 5.41) is 8.48. The Labute approximate surface area is 76.6 Å². The normalized spacial score (nSPS) is 11.0. The van der Waals surface area contributed by atoms with E-state index in [9.17, 15) is 9.59 Å². The van der Waals surface area contributed by atoms with Crippen molar-refractivity contribution in [2.75, 3.05) is 13.9 Å². The lowest BCUT2D eigenvalue weighted by Crippen LogP contribution is -2.29. The van der Waals surface area contributed by atoms with Gasteiger partial charge < -0.3 is 14.6 Å². The first-order chi connectivity index (χ1) is 5.90. The van der Waals surface area contributed by atoms with Crippen LogP contribution in [0.15, 0.2) is 0 Å². The Bertz CT molecular complexity index is 197. The highest BCUT2D eigenvalue weighted by atomic mass is 16.7. The largest absolute Gasteiger partial charge is 0.481 e. The van der Waals surface area contributed by atoms with E-state index in [4.69, 9.17) is 5.11 Å². The minimum Gasteiger partial charge on any atom is -0.481 e. The standard InChI is InChI=1S/C8H14O5/c1-8(2,4-6(9)10)7(11)13-5-12-3/h4-5H2,1-3H3,(H,9,10). The predicted molar refractivity (Wildman–Crippen MR) is 44.0 cm³/mol. The summed E-state index contributed by atoms with van der Waals surface area (Å²) in [5.41, 5.74) is -1.01. The summed E-state index contributed by atoms with van der Waals surface area (Å²) in [7, 11) is 1.39. The Morgan fingerprint density at radius 1 is 1.38 bits per heavy atom. The van der Waals surface area contributed by atoms with Crippen LogP contribution >= 0.6 is 0 Å². The van der Waals surface area contributed by atoms with Crippen LogP contribution in [0.2, 0.25) is 0 Å². The van der Waals surface area contributed by atoms with Gasteiger partial charge in [0.25, 0.3) is 0 Å². The second-order valence-corrected chi connectivity index (χ2v) is 3.29. The van der Waals surface area contributed by atoms with E-state index in [1.807, 2.05) is 0 Å². The van der Waals surface area contributed by atoms with Crippen molar-refractivity contribution in [1.29, 1.82) is 0 Å². The number of rotatable bonds is 5. The van der Waals surface area contributed by atoms with Crippen LogP contribution in [0, 0.1) is 5.41 Å². The van der Waals surface area contributed by atoms with E-state index in [1.54, 1.807) is 0 Å². The molecular formula is C8H14O5. The van der Waals surface area contributed by atoms with Crippen molar-refractivity contribution >= 4 is 11.9 Å². The van der Waals surface area contributed by atoms with Crippen LogP contribution < -0.4 is 0 Å². The summed E-state index contributed by atoms with van der Waals surface area (Å²) in [6, 6.07) is 0. The molecule has 0 saturated heterocycles. The van der Waals surface area contributed by atoms with Crippen LogP contribution in [0.25, 0.3) is 0 Å². The van der Waals surface area contributed by atoms with Crippen LogP contribution in [0.3, 0.4) is 0 Å². The molecule has 0 amide bonds. The molecule has 13 heavy (non-hydrogen) atoms. The summed E-state index contributed by atoms with van der Waals surface area (Å²) in [4.78, 5) is 21.5. The SMILES string of the molecule is COCOC(=O)C(C)(C)CC(=O)O. The van der Waals surface area contributed by atoms with Gasteiger partial charge in [-0.1, -0.05) is 0 Å². The maximum absolute atomic E-state index is 11.2. The highest BCUT2D eigenvalue weighted by molar-refractivity contribution is 5.81. The van der Waals surface area contributed by atoms with Crippen molar-refractivity contribution in [3.05, 3.63) is 0 Å². The zero-order valence-corrected chi connectivity index (χ0v) is 7.99. The summed E-state index contributed by atoms with van der Waals surface area (Å²) >= 11 is 0. The molecule has 0 heterocycles. The van der Waals surface area contributed by atoms with E-state index in [0.717, 1.165) is 0 Å². The minimum absolute atomic E-state index is 0.151. The third-order valence-electron chi connectivity index (χ3n) is 1.45. The lowest BCUT2D eigenvalue weighted by atomic mass is 9.90. The van der Waals surface area contributed by atoms with Gasteiger partial charge in [0, 0.05) is 7.11 Å². The molecule has 0 bridgehead atoms. The Balaban J connectivity index is 4.10. The van der Waals surface area contributed by atoms with Crippen molar-refractivity contribution < 1.29 is 24.2 Å². The van der Waals surface area contributed by atoms with Gasteiger partial charge >= 0.3 is 11.9 Å². The summed E-state index contributed by atoms with van der Waals surface area (Å²) in [6.07, 6.45) is -0.254. The number of carboxylic acids is 1. The molecule has 0 rings (SSSR count). The number of hydrogen-bond donors (Lipinski definition) is 1. The number of ether oxygens (including phenoxy) is 2. The molecule has 5 heteroatoms. The second kappa shape index (κ2) is 4.81. The van der Waals surface area contributed by atoms with Gasteiger partial charge in [-0.25, -0.2) is 0 Å². The third kappa shape index (κ3) is 4.47. The number of carboxylic acid groups (broad SMARTS) is 1. The first-order valence-corrected chi connectivity index (χ1v) is 3.78. The minimum atomic E-state index is -1.03. The average Bonchev–Trinajstić information content (AvgIpc) is 1.97. The van der Waals surface area contributed by atoms with E-state index in [-0.39, 0.29) is 13.2 Å². The first-order valence-electron chi connectivity index (χ1n) is 3.78. The first kappa shape index (κ1) is 11.9. The Kier molecular flexibility index (Phi) is 4.40. The van der Waals surface area contributed by atoms with E-state index in [1.165, 1.54) is 21.0 Å². The molecular weight excluding hydrogens is 176 g/mol. The monoisotopic (exact) mass is 190 g/mol. The van der Waals surface area contributed by atoms with Gasteiger partial charge in [0.1, 0.15) is 0 Å². The fraction of sp³-hybridized carbons (Fsp3) is 0.750. The number of methoxy groups -OCH3 is 1. The van der Waals surface area contributed by atoms with Crippen LogP contribution in [-0.4, -0.2) is 30.9 Å². The van der Waals surface area contributed by atoms with Crippen LogP contribution in [-0.2, 0) is 19.1 Å². The molecule has 0 saturated carbocycles. The molecule has 5 nitrogen and oxygen atoms in total. The maximum Gasteiger partial charge on any atom is 0.314 e. The second-order valence-electron chi connectivity index (χ2n) is 3.29. The lowest BCUT2D eigenvalue weighted by molar-refractivity contribution is -0.167. The fourth-order valence-corrected chi connectivity index (χ4v) is 0.758. The fourth-order valence-electron chi connectivity index (χ4n) is 0.758. The quantitative estimate of drug-likeness (QED) is 0.508. The van der Waals surface area contributed by atoms with Gasteiger partial charge in [0.05, 0.1) is 11.8 Å². The summed E-state index contributed by atoms with van der Waals surface area (Å²) in [6.45, 7) is 2.88. The zero-order chi connectivity index (χ0) is 10.5. The molecule has 0 aromatic rings. The third-order valence-corrected chi connectivity index (χ3v) is 1.45. The van der Waals surface area contributed by atoms with Gasteiger partial charge in [0.2, 0.25) is 0 Å². The Morgan fingerprint density at radius 3 is 2.31 bits per heavy atom. The molecule has 0 aliphatic rings. The van der Waals surface area contributed by atoms with Crippen molar-refractivity contribution in [2.45, 2.75) is 20.3 Å². The highest BCUT2D eigenvalue weighted by Gasteiger charge is 2.32. The van der Waals surface area contributed by atoms with E-state index < -0.39 is 17.4 Å². The summed E-state index contributed by atoms with van der Waals surface area (Å²) in [5.74, 6) is -1.60. The number of esters is 1. The van der Waals surface area contributed by atoms with Gasteiger partial charge in [-0.15, -0.1) is 0 Å². The van der Waals surface area contributed by atoms with Gasteiger partial charge in [0.15, 0.2) is 6.79 Å². The highest BCUT2D eigenvalue weighted by Crippen LogP contribution is 2.21. The molecule has 1 N–H and O–H groups in total. The maximum atomic E-state index is 11.2. The number of hydrogen-bond acceptors (Lipinski definition) is 4. The molecule has 0 fully saturated rings. The van der Waals surface area contributed by atoms with Crippen molar-refractivity contribution in [2.24, 2.45) is 5.41 Å². The average molecular weight is 190 g/mol. The van der Waals surface area contributed by atoms with Crippen LogP contribution in [0.4, 0.5) is 0 Å². The Hall–Kier alpha value is -1.10. The van der Waals surface area contributed by atoms with Gasteiger partial charge in [-0.05, 0) is 13.8 Å². The van der Waals surface area contributed by atoms with E-state index in [0.29, 0.717) is 0 Å². The molecule has 0 aliphatic heterocycles. The predicted octanol–water partition coefficient (Wildman–Crippen LogP) is 0.634. The molecule has 0 aliphatic carbocycles. The Morgan fingerprint density at radius 2 is 1.92 bits per heavy atom. The lowest BCUT2D eigenvalue weighted by Gasteiger charge is -2.19. The number of carbonyl (C=O) groups excluding carboxylic acids is 1. The van der Waals surface area contributed by atoms with Crippen molar-refractivity contribution in [1.82, 2.24) is 0 Å². The molecule has 0 unspecified atom stereocenters. The van der Waals surface area contributed by atoms with E-state index >= 15 is 0 Å². The van der Waals surface area contributed by atoms with Crippen molar-refractivity contribution in [3.63, 3.8) is 0 Å². The van der Waals surface area contributed by atoms with E-state index in [2.05, 4.69) is 9.47 Å². The molecule has 0 spiro atoms. The van der Waals surface area contributed by atoms with Crippen molar-refractivity contribution in [3.8, 4) is 0 Å². The van der Waals surface area contributed by atoms with Gasteiger partial charge in [-0.3, -0.25) is 9.59 Å². The number of carbonyl (C=O) groups is 2. The molecule has 0 aromatic carbocycles. The molecule has 0 radical (unpaired) electrons. The molecule has 76 valence electrons. The summed E-state index contributed by atoms with van der Waals surface area (Å²) < 4.78 is 9.15. The molecule has 0 atom stereocenters. The van der Waals surface area contributed by atoms with Crippen LogP contribution in [0.5, 0.6) is 0 Å². The van der Waals surface area contributed by atoms with Gasteiger partial charge in [-0.2, -0.15) is 0 Å². The smallest absolute Gasteiger partial charge is 0.314 e. The number of aliphatic carboxylic acids is 1. The topological polar surface area (TPSA) is 72.8 Å². The zero-order valence-electron chi connectivity index (χ0n) is 7.99. The van der Waals surface area contributed by atoms with Crippen LogP contribution in [0.1, 0.15) is 20.3 Å². The molecule has 0 aromatic heterocycles.